The summed E-state index contributed by atoms with van der Waals surface area (Å²) in [5.74, 6) is 0.607. The molecule has 7 heteroatoms. The van der Waals surface area contributed by atoms with Crippen LogP contribution in [0.2, 0.25) is 0 Å². The van der Waals surface area contributed by atoms with Gasteiger partial charge in [0.2, 0.25) is 17.7 Å². The molecule has 0 aromatic rings. The number of rotatable bonds is 0. The lowest BCUT2D eigenvalue weighted by molar-refractivity contribution is -0.133. The topological polar surface area (TPSA) is 70.2 Å². The molecule has 0 atom stereocenters. The zero-order valence-electron chi connectivity index (χ0n) is 16.7. The molecular formula is C20H39N3O4. The molecule has 3 aliphatic heterocycles. The summed E-state index contributed by atoms with van der Waals surface area (Å²) in [5, 5.41) is 0. The second-order valence-electron chi connectivity index (χ2n) is 6.90. The first-order valence-electron chi connectivity index (χ1n) is 9.76. The van der Waals surface area contributed by atoms with Gasteiger partial charge in [-0.05, 0) is 32.1 Å². The molecule has 0 N–H and O–H groups in total. The number of hydrogen-bond acceptors (Lipinski definition) is 4. The van der Waals surface area contributed by atoms with Gasteiger partial charge in [-0.3, -0.25) is 14.4 Å². The Hall–Kier alpha value is -1.63. The SMILES string of the molecule is C.CC(=O)N1CCCC1.CC(=O)N1CCCCC1.CC(=O)N1CCOCC1. The van der Waals surface area contributed by atoms with E-state index in [2.05, 4.69) is 0 Å². The number of amides is 3. The Bertz CT molecular complexity index is 411. The molecule has 3 rings (SSSR count). The van der Waals surface area contributed by atoms with Crippen molar-refractivity contribution in [1.82, 2.24) is 14.7 Å². The number of carbonyl (C=O) groups excluding carboxylic acids is 3. The van der Waals surface area contributed by atoms with Crippen LogP contribution in [0.15, 0.2) is 0 Å². The highest BCUT2D eigenvalue weighted by Crippen LogP contribution is 2.07. The zero-order chi connectivity index (χ0) is 19.4. The summed E-state index contributed by atoms with van der Waals surface area (Å²) in [6, 6.07) is 0. The number of piperidine rings is 1. The molecule has 0 radical (unpaired) electrons. The maximum Gasteiger partial charge on any atom is 0.219 e. The third kappa shape index (κ3) is 11.0. The molecule has 0 spiro atoms. The van der Waals surface area contributed by atoms with E-state index in [1.54, 1.807) is 25.7 Å². The van der Waals surface area contributed by atoms with Gasteiger partial charge in [-0.2, -0.15) is 0 Å². The minimum absolute atomic E-state index is 0. The predicted molar refractivity (Wildman–Crippen MR) is 107 cm³/mol. The molecular weight excluding hydrogens is 346 g/mol. The summed E-state index contributed by atoms with van der Waals surface area (Å²) in [6.07, 6.45) is 6.07. The Morgan fingerprint density at radius 1 is 0.556 bits per heavy atom. The Kier molecular flexibility index (Phi) is 13.6. The highest BCUT2D eigenvalue weighted by atomic mass is 16.5. The summed E-state index contributed by atoms with van der Waals surface area (Å²) in [5.41, 5.74) is 0. The molecule has 3 aliphatic rings. The van der Waals surface area contributed by atoms with Gasteiger partial charge in [0.25, 0.3) is 0 Å². The van der Waals surface area contributed by atoms with Gasteiger partial charge in [0.15, 0.2) is 0 Å². The highest BCUT2D eigenvalue weighted by Gasteiger charge is 2.13. The molecule has 0 aliphatic carbocycles. The maximum atomic E-state index is 10.7. The van der Waals surface area contributed by atoms with Gasteiger partial charge < -0.3 is 19.4 Å². The molecule has 0 bridgehead atoms. The Labute approximate surface area is 165 Å². The number of carbonyl (C=O) groups is 3. The van der Waals surface area contributed by atoms with Gasteiger partial charge in [-0.1, -0.05) is 7.43 Å². The fourth-order valence-electron chi connectivity index (χ4n) is 3.12. The first kappa shape index (κ1) is 25.4. The number of ether oxygens (including phenoxy) is 1. The minimum atomic E-state index is 0. The van der Waals surface area contributed by atoms with Crippen molar-refractivity contribution in [3.8, 4) is 0 Å². The first-order chi connectivity index (χ1) is 12.4. The average Bonchev–Trinajstić information content (AvgIpc) is 3.19. The van der Waals surface area contributed by atoms with Crippen molar-refractivity contribution in [2.24, 2.45) is 0 Å². The van der Waals surface area contributed by atoms with E-state index in [1.165, 1.54) is 32.1 Å². The van der Waals surface area contributed by atoms with Crippen LogP contribution in [-0.4, -0.2) is 84.9 Å². The minimum Gasteiger partial charge on any atom is -0.378 e. The largest absolute Gasteiger partial charge is 0.378 e. The van der Waals surface area contributed by atoms with E-state index < -0.39 is 0 Å². The van der Waals surface area contributed by atoms with E-state index in [4.69, 9.17) is 4.74 Å². The van der Waals surface area contributed by atoms with Crippen LogP contribution in [0.1, 0.15) is 60.3 Å². The van der Waals surface area contributed by atoms with Crippen LogP contribution >= 0.6 is 0 Å². The fraction of sp³-hybridized carbons (Fsp3) is 0.850. The number of morpholine rings is 1. The van der Waals surface area contributed by atoms with Crippen LogP contribution in [0.5, 0.6) is 0 Å². The highest BCUT2D eigenvalue weighted by molar-refractivity contribution is 5.73. The molecule has 3 heterocycles. The Morgan fingerprint density at radius 2 is 0.852 bits per heavy atom. The molecule has 158 valence electrons. The lowest BCUT2D eigenvalue weighted by atomic mass is 10.1. The van der Waals surface area contributed by atoms with Crippen molar-refractivity contribution < 1.29 is 19.1 Å². The standard InChI is InChI=1S/C7H13NO.C6H11NO2.C6H11NO.CH4/c1-7(9)8-5-3-2-4-6-8;1-6(8)7-2-4-9-5-3-7;1-6(8)7-4-2-3-5-7;/h2-6H2,1H3;2-5H2,1H3;2-5H2,1H3;1H4. The van der Waals surface area contributed by atoms with E-state index >= 15 is 0 Å². The van der Waals surface area contributed by atoms with Crippen molar-refractivity contribution in [3.63, 3.8) is 0 Å². The van der Waals surface area contributed by atoms with Crippen LogP contribution in [0.4, 0.5) is 0 Å². The summed E-state index contributed by atoms with van der Waals surface area (Å²) in [6.45, 7) is 11.7. The first-order valence-corrected chi connectivity index (χ1v) is 9.76. The summed E-state index contributed by atoms with van der Waals surface area (Å²) in [4.78, 5) is 37.6. The van der Waals surface area contributed by atoms with Gasteiger partial charge >= 0.3 is 0 Å². The van der Waals surface area contributed by atoms with Crippen LogP contribution in [-0.2, 0) is 19.1 Å². The smallest absolute Gasteiger partial charge is 0.219 e. The number of likely N-dealkylation sites (tertiary alicyclic amines) is 2. The molecule has 0 unspecified atom stereocenters. The fourth-order valence-corrected chi connectivity index (χ4v) is 3.12. The quantitative estimate of drug-likeness (QED) is 0.641. The maximum absolute atomic E-state index is 10.7. The summed E-state index contributed by atoms with van der Waals surface area (Å²) in [7, 11) is 0. The van der Waals surface area contributed by atoms with Crippen molar-refractivity contribution >= 4 is 17.7 Å². The van der Waals surface area contributed by atoms with Gasteiger partial charge in [-0.15, -0.1) is 0 Å². The Morgan fingerprint density at radius 3 is 1.11 bits per heavy atom. The van der Waals surface area contributed by atoms with Gasteiger partial charge in [0.1, 0.15) is 0 Å². The Balaban J connectivity index is 0.000000369. The molecule has 3 saturated heterocycles. The molecule has 3 fully saturated rings. The van der Waals surface area contributed by atoms with E-state index in [9.17, 15) is 14.4 Å². The van der Waals surface area contributed by atoms with Gasteiger partial charge in [0.05, 0.1) is 13.2 Å². The van der Waals surface area contributed by atoms with Crippen LogP contribution in [0.3, 0.4) is 0 Å². The second-order valence-corrected chi connectivity index (χ2v) is 6.90. The third-order valence-corrected chi connectivity index (χ3v) is 4.81. The van der Waals surface area contributed by atoms with Gasteiger partial charge in [-0.25, -0.2) is 0 Å². The number of hydrogen-bond donors (Lipinski definition) is 0. The summed E-state index contributed by atoms with van der Waals surface area (Å²) < 4.78 is 5.06. The predicted octanol–water partition coefficient (Wildman–Crippen LogP) is 2.15. The van der Waals surface area contributed by atoms with Crippen LogP contribution in [0, 0.1) is 0 Å². The lowest BCUT2D eigenvalue weighted by Crippen LogP contribution is -2.39. The van der Waals surface area contributed by atoms with Gasteiger partial charge in [0, 0.05) is 60.0 Å². The van der Waals surface area contributed by atoms with Crippen molar-refractivity contribution in [2.75, 3.05) is 52.5 Å². The van der Waals surface area contributed by atoms with Crippen LogP contribution < -0.4 is 0 Å². The van der Waals surface area contributed by atoms with Crippen molar-refractivity contribution in [2.45, 2.75) is 60.3 Å². The van der Waals surface area contributed by atoms with E-state index in [1.807, 2.05) is 9.80 Å². The average molecular weight is 386 g/mol. The van der Waals surface area contributed by atoms with Crippen molar-refractivity contribution in [1.29, 1.82) is 0 Å². The van der Waals surface area contributed by atoms with E-state index in [0.29, 0.717) is 13.2 Å². The zero-order valence-corrected chi connectivity index (χ0v) is 16.7. The van der Waals surface area contributed by atoms with Crippen LogP contribution in [0.25, 0.3) is 0 Å². The third-order valence-electron chi connectivity index (χ3n) is 4.81. The number of nitrogens with zero attached hydrogens (tertiary/aromatic N) is 3. The van der Waals surface area contributed by atoms with E-state index in [-0.39, 0.29) is 25.1 Å². The molecule has 27 heavy (non-hydrogen) atoms. The lowest BCUT2D eigenvalue weighted by Gasteiger charge is -2.25. The van der Waals surface area contributed by atoms with E-state index in [0.717, 1.165) is 39.3 Å². The normalized spacial score (nSPS) is 19.0. The molecule has 0 aromatic carbocycles. The molecule has 3 amide bonds. The molecule has 7 nitrogen and oxygen atoms in total. The second kappa shape index (κ2) is 14.4. The summed E-state index contributed by atoms with van der Waals surface area (Å²) >= 11 is 0. The molecule has 0 aromatic heterocycles. The monoisotopic (exact) mass is 385 g/mol. The van der Waals surface area contributed by atoms with Crippen molar-refractivity contribution in [3.05, 3.63) is 0 Å². The molecule has 0 saturated carbocycles.